The number of carbonyl (C=O) groups is 1. The minimum atomic E-state index is 0.156. The zero-order valence-corrected chi connectivity index (χ0v) is 17.3. The van der Waals surface area contributed by atoms with Crippen LogP contribution in [0, 0.1) is 12.3 Å². The van der Waals surface area contributed by atoms with Crippen molar-refractivity contribution in [3.05, 3.63) is 47.8 Å². The van der Waals surface area contributed by atoms with Crippen LogP contribution in [0.25, 0.3) is 0 Å². The number of hydrogen-bond donors (Lipinski definition) is 0. The molecule has 2 saturated heterocycles. The lowest BCUT2D eigenvalue weighted by molar-refractivity contribution is -0.140. The Bertz CT molecular complexity index is 857. The van der Waals surface area contributed by atoms with Gasteiger partial charge in [0.15, 0.2) is 0 Å². The van der Waals surface area contributed by atoms with Gasteiger partial charge in [-0.05, 0) is 38.8 Å². The Hall–Kier alpha value is -2.54. The molecule has 7 nitrogen and oxygen atoms in total. The van der Waals surface area contributed by atoms with Gasteiger partial charge in [-0.1, -0.05) is 0 Å². The quantitative estimate of drug-likeness (QED) is 0.775. The van der Waals surface area contributed by atoms with E-state index in [1.807, 2.05) is 24.0 Å². The molecule has 0 aromatic carbocycles. The molecule has 2 fully saturated rings. The molecular weight excluding hydrogens is 366 g/mol. The number of methoxy groups -OCH3 is 1. The van der Waals surface area contributed by atoms with E-state index in [0.717, 1.165) is 61.9 Å². The second kappa shape index (κ2) is 8.45. The first-order chi connectivity index (χ1) is 14.0. The van der Waals surface area contributed by atoms with Crippen molar-refractivity contribution in [1.29, 1.82) is 0 Å². The molecule has 29 heavy (non-hydrogen) atoms. The van der Waals surface area contributed by atoms with Gasteiger partial charge in [-0.25, -0.2) is 0 Å². The third-order valence-electron chi connectivity index (χ3n) is 6.09. The summed E-state index contributed by atoms with van der Waals surface area (Å²) in [7, 11) is 1.68. The first-order valence-corrected chi connectivity index (χ1v) is 10.3. The molecule has 2 aromatic rings. The molecular formula is C22H29N5O2. The van der Waals surface area contributed by atoms with Gasteiger partial charge < -0.3 is 9.64 Å². The topological polar surface area (TPSA) is 71.5 Å². The number of aromatic nitrogens is 3. The highest BCUT2D eigenvalue weighted by atomic mass is 16.5. The van der Waals surface area contributed by atoms with Gasteiger partial charge in [0.2, 0.25) is 5.91 Å². The number of aryl methyl sites for hydroxylation is 1. The van der Waals surface area contributed by atoms with Crippen LogP contribution in [0.15, 0.2) is 30.7 Å². The van der Waals surface area contributed by atoms with Crippen molar-refractivity contribution in [3.8, 4) is 5.75 Å². The fourth-order valence-electron chi connectivity index (χ4n) is 4.62. The first-order valence-electron chi connectivity index (χ1n) is 10.3. The zero-order valence-electron chi connectivity index (χ0n) is 17.3. The molecule has 0 bridgehead atoms. The van der Waals surface area contributed by atoms with Crippen LogP contribution in [-0.4, -0.2) is 57.4 Å². The standard InChI is InChI=1S/C22H29N5O2/c1-17-11-25-19(12-24-17)14-27-16-22(7-4-21(27)28)6-3-9-26(15-22)13-18-10-20(29-2)5-8-23-18/h5,8,10-12H,3-4,6-7,9,13-16H2,1-2H3. The molecule has 2 aliphatic heterocycles. The third kappa shape index (κ3) is 4.72. The lowest BCUT2D eigenvalue weighted by Crippen LogP contribution is -2.53. The van der Waals surface area contributed by atoms with Gasteiger partial charge in [0, 0.05) is 49.9 Å². The van der Waals surface area contributed by atoms with E-state index >= 15 is 0 Å². The van der Waals surface area contributed by atoms with Gasteiger partial charge in [0.05, 0.1) is 36.9 Å². The van der Waals surface area contributed by atoms with E-state index in [1.54, 1.807) is 25.7 Å². The summed E-state index contributed by atoms with van der Waals surface area (Å²) < 4.78 is 5.33. The number of hydrogen-bond acceptors (Lipinski definition) is 6. The number of piperidine rings is 2. The molecule has 0 N–H and O–H groups in total. The molecule has 2 aromatic heterocycles. The van der Waals surface area contributed by atoms with E-state index in [-0.39, 0.29) is 11.3 Å². The average molecular weight is 396 g/mol. The molecule has 1 amide bonds. The van der Waals surface area contributed by atoms with Crippen molar-refractivity contribution < 1.29 is 9.53 Å². The van der Waals surface area contributed by atoms with Crippen molar-refractivity contribution in [3.63, 3.8) is 0 Å². The highest BCUT2D eigenvalue weighted by Gasteiger charge is 2.41. The molecule has 4 rings (SSSR count). The molecule has 0 saturated carbocycles. The number of likely N-dealkylation sites (tertiary alicyclic amines) is 2. The van der Waals surface area contributed by atoms with E-state index in [0.29, 0.717) is 13.0 Å². The fraction of sp³-hybridized carbons (Fsp3) is 0.545. The summed E-state index contributed by atoms with van der Waals surface area (Å²) in [6.45, 7) is 6.14. The largest absolute Gasteiger partial charge is 0.497 e. The molecule has 0 aliphatic carbocycles. The average Bonchev–Trinajstić information content (AvgIpc) is 2.73. The Morgan fingerprint density at radius 1 is 1.10 bits per heavy atom. The number of rotatable bonds is 5. The highest BCUT2D eigenvalue weighted by Crippen LogP contribution is 2.39. The van der Waals surface area contributed by atoms with E-state index in [9.17, 15) is 4.79 Å². The summed E-state index contributed by atoms with van der Waals surface area (Å²) in [5.74, 6) is 1.07. The number of ether oxygens (including phenoxy) is 1. The summed E-state index contributed by atoms with van der Waals surface area (Å²) in [4.78, 5) is 30.3. The lowest BCUT2D eigenvalue weighted by Gasteiger charge is -2.48. The molecule has 1 atom stereocenters. The van der Waals surface area contributed by atoms with Crippen LogP contribution in [-0.2, 0) is 17.9 Å². The van der Waals surface area contributed by atoms with Crippen LogP contribution < -0.4 is 4.74 Å². The van der Waals surface area contributed by atoms with Crippen LogP contribution in [0.2, 0.25) is 0 Å². The fourth-order valence-corrected chi connectivity index (χ4v) is 4.62. The van der Waals surface area contributed by atoms with Gasteiger partial charge in [0.25, 0.3) is 0 Å². The molecule has 1 spiro atoms. The molecule has 2 aliphatic rings. The van der Waals surface area contributed by atoms with Crippen LogP contribution in [0.1, 0.15) is 42.8 Å². The van der Waals surface area contributed by atoms with Crippen molar-refractivity contribution in [2.75, 3.05) is 26.7 Å². The first kappa shape index (κ1) is 19.8. The smallest absolute Gasteiger partial charge is 0.222 e. The monoisotopic (exact) mass is 395 g/mol. The molecule has 4 heterocycles. The number of carbonyl (C=O) groups excluding carboxylic acids is 1. The minimum Gasteiger partial charge on any atom is -0.497 e. The van der Waals surface area contributed by atoms with Gasteiger partial charge >= 0.3 is 0 Å². The molecule has 154 valence electrons. The van der Waals surface area contributed by atoms with Crippen LogP contribution in [0.5, 0.6) is 5.75 Å². The van der Waals surface area contributed by atoms with Gasteiger partial charge in [-0.2, -0.15) is 0 Å². The summed E-state index contributed by atoms with van der Waals surface area (Å²) in [6.07, 6.45) is 9.25. The Kier molecular flexibility index (Phi) is 5.76. The van der Waals surface area contributed by atoms with Crippen molar-refractivity contribution in [1.82, 2.24) is 24.8 Å². The Labute approximate surface area is 172 Å². The van der Waals surface area contributed by atoms with Gasteiger partial charge in [0.1, 0.15) is 5.75 Å². The maximum Gasteiger partial charge on any atom is 0.222 e. The predicted molar refractivity (Wildman–Crippen MR) is 109 cm³/mol. The van der Waals surface area contributed by atoms with Crippen molar-refractivity contribution in [2.45, 2.75) is 45.7 Å². The minimum absolute atomic E-state index is 0.156. The van der Waals surface area contributed by atoms with E-state index in [1.165, 1.54) is 6.42 Å². The maximum absolute atomic E-state index is 12.6. The summed E-state index contributed by atoms with van der Waals surface area (Å²) in [5.41, 5.74) is 2.93. The molecule has 1 unspecified atom stereocenters. The summed E-state index contributed by atoms with van der Waals surface area (Å²) in [6, 6.07) is 3.88. The van der Waals surface area contributed by atoms with Crippen molar-refractivity contribution in [2.24, 2.45) is 5.41 Å². The van der Waals surface area contributed by atoms with E-state index < -0.39 is 0 Å². The van der Waals surface area contributed by atoms with Crippen LogP contribution >= 0.6 is 0 Å². The second-order valence-corrected chi connectivity index (χ2v) is 8.40. The maximum atomic E-state index is 12.6. The summed E-state index contributed by atoms with van der Waals surface area (Å²) in [5, 5.41) is 0. The van der Waals surface area contributed by atoms with Crippen LogP contribution in [0.4, 0.5) is 0 Å². The SMILES string of the molecule is COc1ccnc(CN2CCCC3(CCC(=O)N(Cc4cnc(C)cn4)C3)C2)c1. The number of pyridine rings is 1. The summed E-state index contributed by atoms with van der Waals surface area (Å²) >= 11 is 0. The second-order valence-electron chi connectivity index (χ2n) is 8.40. The molecule has 0 radical (unpaired) electrons. The lowest BCUT2D eigenvalue weighted by atomic mass is 9.73. The highest BCUT2D eigenvalue weighted by molar-refractivity contribution is 5.77. The van der Waals surface area contributed by atoms with Crippen molar-refractivity contribution >= 4 is 5.91 Å². The van der Waals surface area contributed by atoms with Gasteiger partial charge in [-0.15, -0.1) is 0 Å². The van der Waals surface area contributed by atoms with E-state index in [2.05, 4.69) is 19.9 Å². The Morgan fingerprint density at radius 2 is 2.00 bits per heavy atom. The molecule has 7 heteroatoms. The third-order valence-corrected chi connectivity index (χ3v) is 6.09. The normalized spacial score (nSPS) is 22.8. The van der Waals surface area contributed by atoms with Gasteiger partial charge in [-0.3, -0.25) is 24.6 Å². The number of nitrogens with zero attached hydrogens (tertiary/aromatic N) is 5. The van der Waals surface area contributed by atoms with Crippen LogP contribution in [0.3, 0.4) is 0 Å². The predicted octanol–water partition coefficient (Wildman–Crippen LogP) is 2.59. The zero-order chi connectivity index (χ0) is 20.3. The Balaban J connectivity index is 1.43. The Morgan fingerprint density at radius 3 is 2.79 bits per heavy atom. The van der Waals surface area contributed by atoms with E-state index in [4.69, 9.17) is 4.74 Å². The number of amides is 1.